The van der Waals surface area contributed by atoms with E-state index in [2.05, 4.69) is 6.92 Å². The summed E-state index contributed by atoms with van der Waals surface area (Å²) in [5, 5.41) is 9.01. The molecule has 0 aromatic heterocycles. The molecule has 0 spiro atoms. The highest BCUT2D eigenvalue weighted by atomic mass is 16.5. The third-order valence-corrected chi connectivity index (χ3v) is 5.02. The van der Waals surface area contributed by atoms with E-state index >= 15 is 0 Å². The second-order valence-corrected chi connectivity index (χ2v) is 7.50. The van der Waals surface area contributed by atoms with Crippen LogP contribution in [0.25, 0.3) is 0 Å². The number of rotatable bonds is 17. The number of nitrogens with two attached hydrogens (primary N) is 1. The molecular weight excluding hydrogens is 338 g/mol. The van der Waals surface area contributed by atoms with Crippen molar-refractivity contribution in [2.75, 3.05) is 12.3 Å². The zero-order valence-corrected chi connectivity index (χ0v) is 17.2. The maximum Gasteiger partial charge on any atom is 0.335 e. The Hall–Kier alpha value is -1.71. The first kappa shape index (κ1) is 23.3. The summed E-state index contributed by atoms with van der Waals surface area (Å²) in [6, 6.07) is 4.59. The second-order valence-electron chi connectivity index (χ2n) is 7.50. The number of aromatic carboxylic acids is 1. The molecule has 154 valence electrons. The van der Waals surface area contributed by atoms with E-state index < -0.39 is 5.97 Å². The molecule has 0 radical (unpaired) electrons. The molecule has 0 unspecified atom stereocenters. The van der Waals surface area contributed by atoms with Crippen LogP contribution in [0.1, 0.15) is 107 Å². The lowest BCUT2D eigenvalue weighted by atomic mass is 10.0. The van der Waals surface area contributed by atoms with Crippen molar-refractivity contribution in [3.05, 3.63) is 23.8 Å². The van der Waals surface area contributed by atoms with Crippen molar-refractivity contribution in [3.8, 4) is 5.75 Å². The Morgan fingerprint density at radius 3 is 1.81 bits per heavy atom. The molecule has 3 N–H and O–H groups in total. The first-order chi connectivity index (χ1) is 13.1. The van der Waals surface area contributed by atoms with Gasteiger partial charge in [-0.05, 0) is 24.6 Å². The van der Waals surface area contributed by atoms with Crippen LogP contribution in [0.3, 0.4) is 0 Å². The van der Waals surface area contributed by atoms with Crippen LogP contribution < -0.4 is 10.5 Å². The van der Waals surface area contributed by atoms with Gasteiger partial charge < -0.3 is 15.6 Å². The zero-order chi connectivity index (χ0) is 19.7. The van der Waals surface area contributed by atoms with Crippen molar-refractivity contribution in [2.24, 2.45) is 0 Å². The first-order valence-corrected chi connectivity index (χ1v) is 10.9. The average molecular weight is 378 g/mol. The lowest BCUT2D eigenvalue weighted by Crippen LogP contribution is -2.03. The van der Waals surface area contributed by atoms with Crippen molar-refractivity contribution in [1.29, 1.82) is 0 Å². The number of unbranched alkanes of at least 4 members (excludes halogenated alkanes) is 13. The van der Waals surface area contributed by atoms with Gasteiger partial charge in [0.2, 0.25) is 0 Å². The Morgan fingerprint density at radius 1 is 0.852 bits per heavy atom. The summed E-state index contributed by atoms with van der Waals surface area (Å²) in [5.74, 6) is -0.485. The minimum absolute atomic E-state index is 0.208. The van der Waals surface area contributed by atoms with Gasteiger partial charge in [-0.3, -0.25) is 0 Å². The number of anilines is 1. The molecule has 0 bridgehead atoms. The van der Waals surface area contributed by atoms with E-state index in [1.165, 1.54) is 89.2 Å². The molecule has 4 heteroatoms. The van der Waals surface area contributed by atoms with Crippen LogP contribution in [0.15, 0.2) is 18.2 Å². The molecular formula is C23H39NO3. The molecule has 0 atom stereocenters. The minimum Gasteiger partial charge on any atom is -0.491 e. The molecule has 0 saturated heterocycles. The Morgan fingerprint density at radius 2 is 1.33 bits per heavy atom. The van der Waals surface area contributed by atoms with Crippen molar-refractivity contribution in [3.63, 3.8) is 0 Å². The van der Waals surface area contributed by atoms with Crippen LogP contribution in [-0.4, -0.2) is 17.7 Å². The fraction of sp³-hybridized carbons (Fsp3) is 0.696. The summed E-state index contributed by atoms with van der Waals surface area (Å²) in [4.78, 5) is 11.0. The van der Waals surface area contributed by atoms with Crippen LogP contribution in [0.5, 0.6) is 5.75 Å². The van der Waals surface area contributed by atoms with Crippen LogP contribution in [0.2, 0.25) is 0 Å². The normalized spacial score (nSPS) is 10.9. The molecule has 1 aromatic carbocycles. The molecule has 27 heavy (non-hydrogen) atoms. The summed E-state index contributed by atoms with van der Waals surface area (Å²) in [7, 11) is 0. The van der Waals surface area contributed by atoms with E-state index in [-0.39, 0.29) is 5.56 Å². The number of carboxylic acids is 1. The van der Waals surface area contributed by atoms with Gasteiger partial charge in [-0.1, -0.05) is 90.4 Å². The standard InChI is InChI=1S/C23H39NO3/c1-2-3-4-5-6-7-8-9-10-11-12-13-14-15-18-27-22-19-20(23(25)26)16-17-21(22)24/h16-17,19H,2-15,18,24H2,1H3,(H,25,26). The predicted octanol–water partition coefficient (Wildman–Crippen LogP) is 6.83. The van der Waals surface area contributed by atoms with Crippen molar-refractivity contribution >= 4 is 11.7 Å². The van der Waals surface area contributed by atoms with Gasteiger partial charge in [0.1, 0.15) is 5.75 Å². The number of benzene rings is 1. The van der Waals surface area contributed by atoms with Gasteiger partial charge in [-0.25, -0.2) is 4.79 Å². The molecule has 0 fully saturated rings. The molecule has 0 heterocycles. The number of hydrogen-bond acceptors (Lipinski definition) is 3. The molecule has 1 rings (SSSR count). The summed E-state index contributed by atoms with van der Waals surface area (Å²) in [6.07, 6.45) is 18.5. The van der Waals surface area contributed by atoms with Gasteiger partial charge in [-0.15, -0.1) is 0 Å². The Labute approximate surface area is 165 Å². The van der Waals surface area contributed by atoms with E-state index in [1.54, 1.807) is 6.07 Å². The maximum absolute atomic E-state index is 11.0. The summed E-state index contributed by atoms with van der Waals surface area (Å²) < 4.78 is 5.65. The highest BCUT2D eigenvalue weighted by Crippen LogP contribution is 2.23. The van der Waals surface area contributed by atoms with Crippen molar-refractivity contribution in [1.82, 2.24) is 0 Å². The summed E-state index contributed by atoms with van der Waals surface area (Å²) in [5.41, 5.74) is 6.53. The van der Waals surface area contributed by atoms with Gasteiger partial charge in [-0.2, -0.15) is 0 Å². The SMILES string of the molecule is CCCCCCCCCCCCCCCCOc1cc(C(=O)O)ccc1N. The van der Waals surface area contributed by atoms with E-state index in [9.17, 15) is 4.79 Å². The topological polar surface area (TPSA) is 72.5 Å². The predicted molar refractivity (Wildman–Crippen MR) is 114 cm³/mol. The van der Waals surface area contributed by atoms with Crippen molar-refractivity contribution < 1.29 is 14.6 Å². The largest absolute Gasteiger partial charge is 0.491 e. The van der Waals surface area contributed by atoms with E-state index in [1.807, 2.05) is 0 Å². The number of carbonyl (C=O) groups is 1. The molecule has 0 saturated carbocycles. The molecule has 0 aliphatic heterocycles. The molecule has 0 aliphatic rings. The van der Waals surface area contributed by atoms with E-state index in [0.29, 0.717) is 18.0 Å². The Bertz CT molecular complexity index is 516. The van der Waals surface area contributed by atoms with E-state index in [4.69, 9.17) is 15.6 Å². The lowest BCUT2D eigenvalue weighted by molar-refractivity contribution is 0.0696. The number of ether oxygens (including phenoxy) is 1. The van der Waals surface area contributed by atoms with Crippen LogP contribution in [0, 0.1) is 0 Å². The molecule has 0 aliphatic carbocycles. The molecule has 1 aromatic rings. The highest BCUT2D eigenvalue weighted by molar-refractivity contribution is 5.89. The quantitative estimate of drug-likeness (QED) is 0.230. The fourth-order valence-electron chi connectivity index (χ4n) is 3.27. The highest BCUT2D eigenvalue weighted by Gasteiger charge is 2.07. The van der Waals surface area contributed by atoms with Gasteiger partial charge in [0.15, 0.2) is 0 Å². The lowest BCUT2D eigenvalue weighted by Gasteiger charge is -2.09. The van der Waals surface area contributed by atoms with Crippen LogP contribution >= 0.6 is 0 Å². The summed E-state index contributed by atoms with van der Waals surface area (Å²) >= 11 is 0. The van der Waals surface area contributed by atoms with Gasteiger partial charge in [0.05, 0.1) is 17.9 Å². The molecule has 4 nitrogen and oxygen atoms in total. The minimum atomic E-state index is -0.962. The average Bonchev–Trinajstić information content (AvgIpc) is 2.66. The molecule has 0 amide bonds. The zero-order valence-electron chi connectivity index (χ0n) is 17.2. The smallest absolute Gasteiger partial charge is 0.335 e. The van der Waals surface area contributed by atoms with Crippen LogP contribution in [-0.2, 0) is 0 Å². The monoisotopic (exact) mass is 377 g/mol. The number of hydrogen-bond donors (Lipinski definition) is 2. The van der Waals surface area contributed by atoms with Gasteiger partial charge in [0, 0.05) is 0 Å². The Kier molecular flexibility index (Phi) is 13.3. The number of nitrogen functional groups attached to an aromatic ring is 1. The first-order valence-electron chi connectivity index (χ1n) is 10.9. The second kappa shape index (κ2) is 15.4. The van der Waals surface area contributed by atoms with Crippen LogP contribution in [0.4, 0.5) is 5.69 Å². The van der Waals surface area contributed by atoms with E-state index in [0.717, 1.165) is 12.8 Å². The van der Waals surface area contributed by atoms with Crippen molar-refractivity contribution in [2.45, 2.75) is 96.8 Å². The fourth-order valence-corrected chi connectivity index (χ4v) is 3.27. The summed E-state index contributed by atoms with van der Waals surface area (Å²) in [6.45, 7) is 2.86. The third-order valence-electron chi connectivity index (χ3n) is 5.02. The number of carboxylic acid groups (broad SMARTS) is 1. The van der Waals surface area contributed by atoms with Gasteiger partial charge in [0.25, 0.3) is 0 Å². The van der Waals surface area contributed by atoms with Gasteiger partial charge >= 0.3 is 5.97 Å². The third kappa shape index (κ3) is 11.6. The Balaban J connectivity index is 1.92. The maximum atomic E-state index is 11.0.